The molecule has 0 unspecified atom stereocenters. The van der Waals surface area contributed by atoms with Crippen molar-refractivity contribution in [2.75, 3.05) is 0 Å². The molecular formula is C32H12BF24-. The lowest BCUT2D eigenvalue weighted by Crippen LogP contribution is -2.78. The van der Waals surface area contributed by atoms with E-state index in [1.807, 2.05) is 0 Å². The van der Waals surface area contributed by atoms with Gasteiger partial charge in [0, 0.05) is 22.3 Å². The monoisotopic (exact) mass is 863 g/mol. The third-order valence-corrected chi connectivity index (χ3v) is 8.61. The molecule has 0 N–H and O–H groups in total. The first kappa shape index (κ1) is 45.0. The average Bonchev–Trinajstić information content (AvgIpc) is 3.01. The predicted octanol–water partition coefficient (Wildman–Crippen LogP) is 11.2. The van der Waals surface area contributed by atoms with E-state index in [0.717, 1.165) is 0 Å². The van der Waals surface area contributed by atoms with E-state index in [1.165, 1.54) is 0 Å². The molecule has 4 aromatic carbocycles. The number of rotatable bonds is 4. The zero-order chi connectivity index (χ0) is 43.9. The van der Waals surface area contributed by atoms with E-state index < -0.39 is 195 Å². The van der Waals surface area contributed by atoms with Crippen LogP contribution in [0.15, 0.2) is 72.8 Å². The molecule has 0 fully saturated rings. The van der Waals surface area contributed by atoms with Crippen LogP contribution in [0.25, 0.3) is 0 Å². The topological polar surface area (TPSA) is 0 Å². The van der Waals surface area contributed by atoms with E-state index in [0.29, 0.717) is 0 Å². The van der Waals surface area contributed by atoms with E-state index in [-0.39, 0.29) is 0 Å². The Morgan fingerprint density at radius 3 is 0.509 bits per heavy atom. The maximum atomic E-state index is 14.9. The SMILES string of the molecule is FC(F)(F)c1ccc([B-](c2ccc(C(F)(F)F)cc2C(F)(F)F)(c2ccc(C(F)(F)F)cc2C(F)(F)F)c2ccc(C(F)(F)F)cc2C(F)(F)F)c(C(F)(F)F)c1. The van der Waals surface area contributed by atoms with Crippen molar-refractivity contribution in [1.82, 2.24) is 0 Å². The summed E-state index contributed by atoms with van der Waals surface area (Å²) in [5, 5.41) is 0. The lowest BCUT2D eigenvalue weighted by atomic mass is 9.11. The van der Waals surface area contributed by atoms with Crippen LogP contribution in [0.1, 0.15) is 44.5 Å². The molecule has 0 radical (unpaired) electrons. The average molecular weight is 863 g/mol. The van der Waals surface area contributed by atoms with Gasteiger partial charge in [-0.1, -0.05) is 48.5 Å². The molecule has 4 aromatic rings. The maximum Gasteiger partial charge on any atom is 0.416 e. The molecule has 0 saturated heterocycles. The fraction of sp³-hybridized carbons (Fsp3) is 0.250. The molecule has 0 spiro atoms. The van der Waals surface area contributed by atoms with Crippen LogP contribution in [0.5, 0.6) is 0 Å². The van der Waals surface area contributed by atoms with E-state index in [2.05, 4.69) is 0 Å². The molecule has 25 heteroatoms. The second kappa shape index (κ2) is 13.7. The van der Waals surface area contributed by atoms with Gasteiger partial charge in [-0.05, 0) is 24.3 Å². The van der Waals surface area contributed by atoms with Crippen LogP contribution in [0, 0.1) is 0 Å². The van der Waals surface area contributed by atoms with Crippen LogP contribution < -0.4 is 21.9 Å². The third-order valence-electron chi connectivity index (χ3n) is 8.61. The molecule has 0 bridgehead atoms. The van der Waals surface area contributed by atoms with Crippen LogP contribution >= 0.6 is 0 Å². The van der Waals surface area contributed by atoms with Crippen molar-refractivity contribution in [1.29, 1.82) is 0 Å². The van der Waals surface area contributed by atoms with Gasteiger partial charge in [-0.15, -0.1) is 0 Å². The van der Waals surface area contributed by atoms with Gasteiger partial charge in [0.15, 0.2) is 0 Å². The summed E-state index contributed by atoms with van der Waals surface area (Å²) in [4.78, 5) is 0. The summed E-state index contributed by atoms with van der Waals surface area (Å²) in [6.07, 6.45) is -55.8. The van der Waals surface area contributed by atoms with Crippen LogP contribution in [0.4, 0.5) is 105 Å². The lowest BCUT2D eigenvalue weighted by molar-refractivity contribution is -0.144. The Morgan fingerprint density at radius 1 is 0.228 bits per heavy atom. The molecule has 4 rings (SSSR count). The van der Waals surface area contributed by atoms with Gasteiger partial charge in [0.05, 0.1) is 22.3 Å². The van der Waals surface area contributed by atoms with Crippen molar-refractivity contribution in [3.05, 3.63) is 117 Å². The first-order valence-electron chi connectivity index (χ1n) is 14.6. The first-order chi connectivity index (χ1) is 25.3. The molecule has 0 nitrogen and oxygen atoms in total. The number of alkyl halides is 24. The minimum Gasteiger partial charge on any atom is -0.183 e. The van der Waals surface area contributed by atoms with Gasteiger partial charge in [0.2, 0.25) is 0 Å². The highest BCUT2D eigenvalue weighted by Crippen LogP contribution is 2.43. The van der Waals surface area contributed by atoms with Gasteiger partial charge >= 0.3 is 49.4 Å². The highest BCUT2D eigenvalue weighted by molar-refractivity contribution is 7.20. The summed E-state index contributed by atoms with van der Waals surface area (Å²) in [6, 6.07) is -8.82. The zero-order valence-corrected chi connectivity index (χ0v) is 26.6. The Kier molecular flexibility index (Phi) is 10.8. The minimum atomic E-state index is -6.51. The minimum absolute atomic E-state index is 0.535. The van der Waals surface area contributed by atoms with Crippen LogP contribution in [-0.2, 0) is 49.4 Å². The van der Waals surface area contributed by atoms with Crippen molar-refractivity contribution < 1.29 is 105 Å². The van der Waals surface area contributed by atoms with E-state index in [9.17, 15) is 105 Å². The van der Waals surface area contributed by atoms with Gasteiger partial charge in [-0.2, -0.15) is 127 Å². The number of hydrogen-bond donors (Lipinski definition) is 0. The highest BCUT2D eigenvalue weighted by Gasteiger charge is 2.52. The summed E-state index contributed by atoms with van der Waals surface area (Å²) in [7, 11) is 0. The molecule has 0 saturated carbocycles. The van der Waals surface area contributed by atoms with E-state index in [1.54, 1.807) is 0 Å². The smallest absolute Gasteiger partial charge is 0.183 e. The molecule has 0 atom stereocenters. The zero-order valence-electron chi connectivity index (χ0n) is 26.6. The van der Waals surface area contributed by atoms with E-state index in [4.69, 9.17) is 0 Å². The van der Waals surface area contributed by atoms with Crippen molar-refractivity contribution in [2.24, 2.45) is 0 Å². The molecule has 312 valence electrons. The van der Waals surface area contributed by atoms with Gasteiger partial charge in [0.25, 0.3) is 0 Å². The van der Waals surface area contributed by atoms with Crippen molar-refractivity contribution in [3.8, 4) is 0 Å². The normalized spacial score (nSPS) is 14.3. The fourth-order valence-electron chi connectivity index (χ4n) is 6.43. The maximum absolute atomic E-state index is 14.9. The van der Waals surface area contributed by atoms with Gasteiger partial charge in [-0.25, -0.2) is 0 Å². The van der Waals surface area contributed by atoms with Gasteiger partial charge < -0.3 is 0 Å². The lowest BCUT2D eigenvalue weighted by Gasteiger charge is -2.49. The molecule has 0 aromatic heterocycles. The summed E-state index contributed by atoms with van der Waals surface area (Å²) in [5.41, 5.74) is -32.1. The Hall–Kier alpha value is -4.74. The van der Waals surface area contributed by atoms with E-state index >= 15 is 0 Å². The predicted molar refractivity (Wildman–Crippen MR) is 150 cm³/mol. The number of hydrogen-bond acceptors (Lipinski definition) is 0. The Bertz CT molecular complexity index is 1830. The molecule has 0 aliphatic rings. The molecular weight excluding hydrogens is 851 g/mol. The molecule has 0 aliphatic heterocycles. The Morgan fingerprint density at radius 2 is 0.386 bits per heavy atom. The van der Waals surface area contributed by atoms with Crippen LogP contribution in [0.2, 0.25) is 0 Å². The van der Waals surface area contributed by atoms with Crippen LogP contribution in [0.3, 0.4) is 0 Å². The molecule has 0 amide bonds. The quantitative estimate of drug-likeness (QED) is 0.142. The summed E-state index contributed by atoms with van der Waals surface area (Å²) >= 11 is 0. The Labute approximate surface area is 300 Å². The summed E-state index contributed by atoms with van der Waals surface area (Å²) in [5.74, 6) is 0. The molecule has 57 heavy (non-hydrogen) atoms. The number of halogens is 24. The van der Waals surface area contributed by atoms with Crippen molar-refractivity contribution in [3.63, 3.8) is 0 Å². The molecule has 0 aliphatic carbocycles. The van der Waals surface area contributed by atoms with Gasteiger partial charge in [0.1, 0.15) is 6.15 Å². The van der Waals surface area contributed by atoms with Crippen LogP contribution in [-0.4, -0.2) is 6.15 Å². The first-order valence-corrected chi connectivity index (χ1v) is 14.6. The highest BCUT2D eigenvalue weighted by atomic mass is 19.4. The second-order valence-electron chi connectivity index (χ2n) is 12.1. The van der Waals surface area contributed by atoms with Crippen molar-refractivity contribution >= 4 is 28.0 Å². The van der Waals surface area contributed by atoms with Crippen molar-refractivity contribution in [2.45, 2.75) is 49.4 Å². The van der Waals surface area contributed by atoms with Gasteiger partial charge in [-0.3, -0.25) is 0 Å². The number of benzene rings is 4. The summed E-state index contributed by atoms with van der Waals surface area (Å²) in [6.45, 7) is 0. The third kappa shape index (κ3) is 8.75. The largest absolute Gasteiger partial charge is 0.416 e. The Balaban J connectivity index is 2.63. The standard InChI is InChI=1S/C32H12BF24/c34-25(35,36)13-1-5-21(17(9-13)29(46,47)48)33(22-6-2-14(26(37,38)39)10-18(22)30(49,50)51,23-7-3-15(27(40,41)42)11-19(23)31(52,53)54)24-8-4-16(28(43,44)45)12-20(24)32(55,56)57/h1-12H/q-1. The fourth-order valence-corrected chi connectivity index (χ4v) is 6.43. The molecule has 0 heterocycles. The summed E-state index contributed by atoms with van der Waals surface area (Å²) < 4.78 is 344. The second-order valence-corrected chi connectivity index (χ2v) is 12.1.